The zero-order chi connectivity index (χ0) is 33.3. The summed E-state index contributed by atoms with van der Waals surface area (Å²) < 4.78 is 13.3. The fraction of sp³-hybridized carbons (Fsp3) is 0.658. The first kappa shape index (κ1) is 38.4. The number of ether oxygens (including phenoxy) is 1. The Kier molecular flexibility index (Phi) is 14.2. The molecular formula is C38H64O4Si2. The first-order valence-electron chi connectivity index (χ1n) is 16.9. The first-order chi connectivity index (χ1) is 20.3. The molecule has 2 rings (SSSR count). The van der Waals surface area contributed by atoms with Crippen LogP contribution in [0.1, 0.15) is 90.7 Å². The van der Waals surface area contributed by atoms with Gasteiger partial charge in [0.2, 0.25) is 0 Å². The molecule has 6 heteroatoms. The fourth-order valence-electron chi connectivity index (χ4n) is 5.98. The molecule has 1 aromatic rings. The molecule has 1 aliphatic rings. The molecule has 1 N–H and O–H groups in total. The molecule has 4 nitrogen and oxygen atoms in total. The van der Waals surface area contributed by atoms with Crippen molar-refractivity contribution in [3.05, 3.63) is 72.9 Å². The number of hydrogen-bond acceptors (Lipinski definition) is 4. The van der Waals surface area contributed by atoms with Crippen LogP contribution < -0.4 is 0 Å². The van der Waals surface area contributed by atoms with Gasteiger partial charge in [-0.2, -0.15) is 0 Å². The third-order valence-electron chi connectivity index (χ3n) is 10.7. The molecule has 1 fully saturated rings. The van der Waals surface area contributed by atoms with Crippen LogP contribution in [0.25, 0.3) is 0 Å². The van der Waals surface area contributed by atoms with Gasteiger partial charge >= 0.3 is 5.97 Å². The Morgan fingerprint density at radius 3 is 2.30 bits per heavy atom. The van der Waals surface area contributed by atoms with Crippen molar-refractivity contribution in [2.75, 3.05) is 0 Å². The SMILES string of the molecule is C=CCCCC(=O)O[C@H]1C[C@@H](O[Si](C)(C)C(C)(C)C)[C@H](/C=C/[C@H](CCc2ccccc2C)CC(C)(C)[Si](C)(C)O)[C@H]1CC=C. The zero-order valence-electron chi connectivity index (χ0n) is 29.7. The largest absolute Gasteiger partial charge is 0.462 e. The molecule has 1 aromatic carbocycles. The minimum Gasteiger partial charge on any atom is -0.462 e. The van der Waals surface area contributed by atoms with E-state index in [0.29, 0.717) is 18.8 Å². The molecule has 0 amide bonds. The van der Waals surface area contributed by atoms with Gasteiger partial charge < -0.3 is 14.0 Å². The number of benzene rings is 1. The van der Waals surface area contributed by atoms with Gasteiger partial charge in [-0.25, -0.2) is 0 Å². The number of hydrogen-bond donors (Lipinski definition) is 1. The van der Waals surface area contributed by atoms with Crippen LogP contribution in [0.3, 0.4) is 0 Å². The molecule has 248 valence electrons. The van der Waals surface area contributed by atoms with Crippen LogP contribution in [0.2, 0.25) is 36.3 Å². The number of carbonyl (C=O) groups is 1. The van der Waals surface area contributed by atoms with Crippen LogP contribution in [-0.4, -0.2) is 39.6 Å². The van der Waals surface area contributed by atoms with E-state index in [1.807, 2.05) is 12.2 Å². The van der Waals surface area contributed by atoms with Gasteiger partial charge in [0.25, 0.3) is 0 Å². The smallest absolute Gasteiger partial charge is 0.306 e. The second-order valence-electron chi connectivity index (χ2n) is 15.9. The Hall–Kier alpha value is -1.74. The number of carbonyl (C=O) groups excluding carboxylic acids is 1. The number of esters is 1. The Morgan fingerprint density at radius 2 is 1.73 bits per heavy atom. The third-order valence-corrected chi connectivity index (χ3v) is 18.7. The highest BCUT2D eigenvalue weighted by atomic mass is 28.4. The van der Waals surface area contributed by atoms with Gasteiger partial charge in [-0.3, -0.25) is 4.79 Å². The molecule has 0 spiro atoms. The van der Waals surface area contributed by atoms with E-state index >= 15 is 0 Å². The van der Waals surface area contributed by atoms with E-state index in [9.17, 15) is 9.59 Å². The molecule has 0 saturated heterocycles. The molecule has 0 radical (unpaired) electrons. The van der Waals surface area contributed by atoms with E-state index < -0.39 is 16.6 Å². The zero-order valence-corrected chi connectivity index (χ0v) is 31.7. The highest BCUT2D eigenvalue weighted by Gasteiger charge is 2.48. The minimum absolute atomic E-state index is 0.0169. The monoisotopic (exact) mass is 640 g/mol. The van der Waals surface area contributed by atoms with Crippen LogP contribution >= 0.6 is 0 Å². The van der Waals surface area contributed by atoms with Crippen LogP contribution in [0.15, 0.2) is 61.7 Å². The van der Waals surface area contributed by atoms with Crippen molar-refractivity contribution in [3.8, 4) is 0 Å². The highest BCUT2D eigenvalue weighted by Crippen LogP contribution is 2.47. The number of allylic oxidation sites excluding steroid dienone is 3. The van der Waals surface area contributed by atoms with Crippen molar-refractivity contribution < 1.29 is 18.8 Å². The number of unbranched alkanes of at least 4 members (excludes halogenated alkanes) is 1. The molecule has 0 bridgehead atoms. The maximum absolute atomic E-state index is 12.9. The molecule has 0 aliphatic heterocycles. The quantitative estimate of drug-likeness (QED) is 0.0797. The summed E-state index contributed by atoms with van der Waals surface area (Å²) in [6, 6.07) is 8.65. The van der Waals surface area contributed by atoms with E-state index in [4.69, 9.17) is 9.16 Å². The second-order valence-corrected chi connectivity index (χ2v) is 25.1. The predicted molar refractivity (Wildman–Crippen MR) is 193 cm³/mol. The Morgan fingerprint density at radius 1 is 1.07 bits per heavy atom. The van der Waals surface area contributed by atoms with Gasteiger partial charge in [-0.05, 0) is 98.8 Å². The second kappa shape index (κ2) is 16.2. The Labute approximate surface area is 272 Å². The molecule has 1 saturated carbocycles. The molecule has 44 heavy (non-hydrogen) atoms. The molecule has 0 unspecified atom stereocenters. The molecule has 0 heterocycles. The summed E-state index contributed by atoms with van der Waals surface area (Å²) >= 11 is 0. The molecule has 0 aromatic heterocycles. The standard InChI is InChI=1S/C38H64O4Si2/c1-13-15-16-22-36(39)41-34-27-35(42-44(11,12)37(4,5)6)33(32(34)19-14-2)26-24-30(28-38(7,8)43(9,10)40)23-25-31-21-18-17-20-29(31)3/h13-14,17-18,20-21,24,26,30,32-35,40H,1-2,15-16,19,22-23,25,27-28H2,3-12H3/b26-24+/t30-,32+,33+,34-,35+/m0/s1. The summed E-state index contributed by atoms with van der Waals surface area (Å²) in [6.07, 6.45) is 14.8. The highest BCUT2D eigenvalue weighted by molar-refractivity contribution is 6.74. The summed E-state index contributed by atoms with van der Waals surface area (Å²) in [5.41, 5.74) is 2.71. The lowest BCUT2D eigenvalue weighted by atomic mass is 9.85. The lowest BCUT2D eigenvalue weighted by Crippen LogP contribution is -2.45. The van der Waals surface area contributed by atoms with Crippen molar-refractivity contribution in [2.24, 2.45) is 17.8 Å². The van der Waals surface area contributed by atoms with Gasteiger partial charge in [0, 0.05) is 24.7 Å². The molecule has 1 aliphatic carbocycles. The maximum Gasteiger partial charge on any atom is 0.306 e. The summed E-state index contributed by atoms with van der Waals surface area (Å²) in [5.74, 6) is 0.420. The first-order valence-corrected chi connectivity index (χ1v) is 22.7. The average Bonchev–Trinajstić information content (AvgIpc) is 3.19. The van der Waals surface area contributed by atoms with E-state index in [1.165, 1.54) is 11.1 Å². The van der Waals surface area contributed by atoms with Crippen LogP contribution in [0, 0.1) is 24.7 Å². The van der Waals surface area contributed by atoms with Crippen molar-refractivity contribution in [3.63, 3.8) is 0 Å². The summed E-state index contributed by atoms with van der Waals surface area (Å²) in [5, 5.41) is -0.0590. The molecule has 5 atom stereocenters. The van der Waals surface area contributed by atoms with E-state index in [-0.39, 0.29) is 40.1 Å². The summed E-state index contributed by atoms with van der Waals surface area (Å²) in [7, 11) is -4.48. The number of aryl methyl sites for hydroxylation is 2. The summed E-state index contributed by atoms with van der Waals surface area (Å²) in [4.78, 5) is 24.1. The van der Waals surface area contributed by atoms with Crippen LogP contribution in [0.4, 0.5) is 0 Å². The van der Waals surface area contributed by atoms with Crippen molar-refractivity contribution >= 4 is 22.6 Å². The van der Waals surface area contributed by atoms with Gasteiger partial charge in [-0.1, -0.05) is 83.2 Å². The van der Waals surface area contributed by atoms with Gasteiger partial charge in [0.1, 0.15) is 6.10 Å². The van der Waals surface area contributed by atoms with Gasteiger partial charge in [0.15, 0.2) is 16.6 Å². The minimum atomic E-state index is -2.39. The van der Waals surface area contributed by atoms with Crippen LogP contribution in [-0.2, 0) is 20.4 Å². The number of rotatable bonds is 17. The third kappa shape index (κ3) is 11.0. The van der Waals surface area contributed by atoms with Gasteiger partial charge in [0.05, 0.1) is 6.10 Å². The fourth-order valence-corrected chi connectivity index (χ4v) is 8.10. The lowest BCUT2D eigenvalue weighted by molar-refractivity contribution is -0.151. The normalized spacial score (nSPS) is 22.2. The summed E-state index contributed by atoms with van der Waals surface area (Å²) in [6.45, 7) is 30.1. The van der Waals surface area contributed by atoms with E-state index in [1.54, 1.807) is 0 Å². The van der Waals surface area contributed by atoms with Crippen LogP contribution in [0.5, 0.6) is 0 Å². The Balaban J connectivity index is 2.45. The predicted octanol–water partition coefficient (Wildman–Crippen LogP) is 10.3. The lowest BCUT2D eigenvalue weighted by Gasteiger charge is -2.40. The van der Waals surface area contributed by atoms with E-state index in [2.05, 4.69) is 117 Å². The molecular weight excluding hydrogens is 577 g/mol. The maximum atomic E-state index is 12.9. The van der Waals surface area contributed by atoms with E-state index in [0.717, 1.165) is 38.5 Å². The van der Waals surface area contributed by atoms with Crippen molar-refractivity contribution in [1.29, 1.82) is 0 Å². The average molecular weight is 641 g/mol. The van der Waals surface area contributed by atoms with Crippen molar-refractivity contribution in [1.82, 2.24) is 0 Å². The topological polar surface area (TPSA) is 55.8 Å². The van der Waals surface area contributed by atoms with Gasteiger partial charge in [-0.15, -0.1) is 13.2 Å². The van der Waals surface area contributed by atoms with Crippen molar-refractivity contribution in [2.45, 2.75) is 141 Å². The Bertz CT molecular complexity index is 1110.